The number of oxime groups is 1. The molecule has 3 rings (SSSR count). The van der Waals surface area contributed by atoms with Crippen LogP contribution >= 0.6 is 0 Å². The second kappa shape index (κ2) is 6.63. The molecule has 0 bridgehead atoms. The number of anilines is 2. The molecule has 11 heteroatoms. The quantitative estimate of drug-likeness (QED) is 0.272. The smallest absolute Gasteiger partial charge is 0.269 e. The number of aromatic nitrogens is 2. The molecule has 2 heterocycles. The van der Waals surface area contributed by atoms with E-state index in [1.807, 2.05) is 11.8 Å². The van der Waals surface area contributed by atoms with Gasteiger partial charge in [0.05, 0.1) is 4.92 Å². The Bertz CT molecular complexity index is 789. The van der Waals surface area contributed by atoms with Crippen molar-refractivity contribution >= 4 is 23.0 Å². The number of benzene rings is 1. The van der Waals surface area contributed by atoms with Gasteiger partial charge >= 0.3 is 0 Å². The van der Waals surface area contributed by atoms with Gasteiger partial charge in [-0.25, -0.2) is 4.63 Å². The molecule has 1 aliphatic rings. The van der Waals surface area contributed by atoms with Gasteiger partial charge in [-0.1, -0.05) is 5.16 Å². The number of rotatable bonds is 3. The lowest BCUT2D eigenvalue weighted by molar-refractivity contribution is -0.384. The van der Waals surface area contributed by atoms with Crippen LogP contribution in [0.3, 0.4) is 0 Å². The van der Waals surface area contributed by atoms with Gasteiger partial charge in [0.1, 0.15) is 0 Å². The normalized spacial score (nSPS) is 18.4. The van der Waals surface area contributed by atoms with E-state index in [9.17, 15) is 15.3 Å². The Balaban J connectivity index is 1.74. The molecular formula is C14H17N7O4. The number of nitrogens with zero attached hydrogens (tertiary/aromatic N) is 6. The Labute approximate surface area is 142 Å². The van der Waals surface area contributed by atoms with E-state index >= 15 is 0 Å². The number of amidine groups is 1. The molecule has 0 amide bonds. The van der Waals surface area contributed by atoms with Crippen molar-refractivity contribution in [2.45, 2.75) is 13.0 Å². The SMILES string of the molecule is C[C@@H]1CN(c2ccc([N+](=O)[O-])cc2)CCN1/C(=N/O)c1nonc1N. The Morgan fingerprint density at radius 1 is 1.40 bits per heavy atom. The summed E-state index contributed by atoms with van der Waals surface area (Å²) < 4.78 is 4.57. The Kier molecular flexibility index (Phi) is 4.37. The summed E-state index contributed by atoms with van der Waals surface area (Å²) >= 11 is 0. The predicted molar refractivity (Wildman–Crippen MR) is 88.5 cm³/mol. The van der Waals surface area contributed by atoms with E-state index in [4.69, 9.17) is 5.73 Å². The number of hydrogen-bond acceptors (Lipinski definition) is 9. The van der Waals surface area contributed by atoms with E-state index in [-0.39, 0.29) is 29.1 Å². The molecule has 0 unspecified atom stereocenters. The third-order valence-corrected chi connectivity index (χ3v) is 4.15. The third-order valence-electron chi connectivity index (χ3n) is 4.15. The number of hydrogen-bond donors (Lipinski definition) is 2. The molecule has 3 N–H and O–H groups in total. The van der Waals surface area contributed by atoms with Gasteiger partial charge in [-0.3, -0.25) is 10.1 Å². The van der Waals surface area contributed by atoms with Crippen molar-refractivity contribution in [3.63, 3.8) is 0 Å². The zero-order valence-electron chi connectivity index (χ0n) is 13.4. The summed E-state index contributed by atoms with van der Waals surface area (Å²) in [4.78, 5) is 14.3. The molecule has 0 spiro atoms. The average molecular weight is 347 g/mol. The maximum atomic E-state index is 10.8. The van der Waals surface area contributed by atoms with Crippen molar-refractivity contribution in [1.82, 2.24) is 15.2 Å². The summed E-state index contributed by atoms with van der Waals surface area (Å²) in [6.07, 6.45) is 0. The molecule has 0 radical (unpaired) electrons. The molecule has 0 aliphatic carbocycles. The molecule has 132 valence electrons. The van der Waals surface area contributed by atoms with E-state index in [0.717, 1.165) is 5.69 Å². The van der Waals surface area contributed by atoms with Crippen LogP contribution in [-0.2, 0) is 0 Å². The van der Waals surface area contributed by atoms with Crippen molar-refractivity contribution in [2.24, 2.45) is 5.16 Å². The van der Waals surface area contributed by atoms with Crippen molar-refractivity contribution < 1.29 is 14.8 Å². The maximum absolute atomic E-state index is 10.8. The van der Waals surface area contributed by atoms with Crippen LogP contribution < -0.4 is 10.6 Å². The van der Waals surface area contributed by atoms with E-state index in [0.29, 0.717) is 19.6 Å². The molecule has 0 saturated carbocycles. The third kappa shape index (κ3) is 3.16. The summed E-state index contributed by atoms with van der Waals surface area (Å²) in [6, 6.07) is 6.39. The van der Waals surface area contributed by atoms with Crippen LogP contribution in [0.4, 0.5) is 17.2 Å². The van der Waals surface area contributed by atoms with Gasteiger partial charge < -0.3 is 20.7 Å². The molecule has 1 aromatic carbocycles. The first-order chi connectivity index (χ1) is 12.0. The summed E-state index contributed by atoms with van der Waals surface area (Å²) in [5.74, 6) is 0.257. The number of piperazine rings is 1. The van der Waals surface area contributed by atoms with Crippen molar-refractivity contribution in [3.05, 3.63) is 40.1 Å². The highest BCUT2D eigenvalue weighted by Crippen LogP contribution is 2.23. The van der Waals surface area contributed by atoms with Gasteiger partial charge in [0.2, 0.25) is 5.84 Å². The summed E-state index contributed by atoms with van der Waals surface area (Å²) in [5, 5.41) is 30.6. The summed E-state index contributed by atoms with van der Waals surface area (Å²) in [5.41, 5.74) is 6.81. The van der Waals surface area contributed by atoms with Gasteiger partial charge in [0, 0.05) is 43.5 Å². The fourth-order valence-electron chi connectivity index (χ4n) is 2.88. The minimum Gasteiger partial charge on any atom is -0.409 e. The van der Waals surface area contributed by atoms with Crippen LogP contribution in [0.5, 0.6) is 0 Å². The van der Waals surface area contributed by atoms with Crippen LogP contribution in [0.15, 0.2) is 34.1 Å². The molecule has 1 aromatic heterocycles. The van der Waals surface area contributed by atoms with Crippen molar-refractivity contribution in [3.8, 4) is 0 Å². The number of nitrogens with two attached hydrogens (primary N) is 1. The van der Waals surface area contributed by atoms with E-state index in [1.165, 1.54) is 12.1 Å². The summed E-state index contributed by atoms with van der Waals surface area (Å²) in [7, 11) is 0. The van der Waals surface area contributed by atoms with Crippen LogP contribution in [0.2, 0.25) is 0 Å². The number of nitro groups is 1. The van der Waals surface area contributed by atoms with Crippen LogP contribution in [-0.4, -0.2) is 56.9 Å². The van der Waals surface area contributed by atoms with Crippen LogP contribution in [0, 0.1) is 10.1 Å². The lowest BCUT2D eigenvalue weighted by atomic mass is 10.1. The van der Waals surface area contributed by atoms with E-state index in [1.54, 1.807) is 12.1 Å². The van der Waals surface area contributed by atoms with Crippen LogP contribution in [0.25, 0.3) is 0 Å². The van der Waals surface area contributed by atoms with Crippen LogP contribution in [0.1, 0.15) is 12.6 Å². The molecule has 11 nitrogen and oxygen atoms in total. The molecule has 1 fully saturated rings. The highest BCUT2D eigenvalue weighted by atomic mass is 16.6. The van der Waals surface area contributed by atoms with Gasteiger partial charge in [-0.2, -0.15) is 0 Å². The van der Waals surface area contributed by atoms with Gasteiger partial charge in [0.25, 0.3) is 5.69 Å². The minimum absolute atomic E-state index is 0.0223. The maximum Gasteiger partial charge on any atom is 0.269 e. The lowest BCUT2D eigenvalue weighted by Crippen LogP contribution is -2.54. The highest BCUT2D eigenvalue weighted by molar-refractivity contribution is 6.00. The van der Waals surface area contributed by atoms with Gasteiger partial charge in [-0.05, 0) is 29.4 Å². The zero-order valence-corrected chi connectivity index (χ0v) is 13.4. The van der Waals surface area contributed by atoms with Crippen molar-refractivity contribution in [1.29, 1.82) is 0 Å². The predicted octanol–water partition coefficient (Wildman–Crippen LogP) is 0.907. The molecule has 1 atom stereocenters. The first-order valence-corrected chi connectivity index (χ1v) is 7.57. The standard InChI is InChI=1S/C14H17N7O4/c1-9-8-19(10-2-4-11(5-3-10)21(23)24)6-7-20(9)14(16-22)12-13(15)18-25-17-12/h2-5,9,22H,6-8H2,1H3,(H2,15,18)/b16-14+/t9-/m1/s1. The molecule has 1 aliphatic heterocycles. The highest BCUT2D eigenvalue weighted by Gasteiger charge is 2.30. The fraction of sp³-hybridized carbons (Fsp3) is 0.357. The molecular weight excluding hydrogens is 330 g/mol. The van der Waals surface area contributed by atoms with Crippen molar-refractivity contribution in [2.75, 3.05) is 30.3 Å². The summed E-state index contributed by atoms with van der Waals surface area (Å²) in [6.45, 7) is 3.77. The number of nitro benzene ring substituents is 1. The van der Waals surface area contributed by atoms with E-state index < -0.39 is 4.92 Å². The second-order valence-corrected chi connectivity index (χ2v) is 5.68. The zero-order chi connectivity index (χ0) is 18.0. The largest absolute Gasteiger partial charge is 0.409 e. The Hall–Kier alpha value is -3.37. The average Bonchev–Trinajstić information content (AvgIpc) is 3.03. The molecule has 1 saturated heterocycles. The lowest BCUT2D eigenvalue weighted by Gasteiger charge is -2.41. The van der Waals surface area contributed by atoms with Gasteiger partial charge in [-0.15, -0.1) is 0 Å². The van der Waals surface area contributed by atoms with E-state index in [2.05, 4.69) is 25.0 Å². The van der Waals surface area contributed by atoms with Gasteiger partial charge in [0.15, 0.2) is 11.5 Å². The second-order valence-electron chi connectivity index (χ2n) is 5.68. The first-order valence-electron chi connectivity index (χ1n) is 7.57. The number of non-ortho nitro benzene ring substituents is 1. The molecule has 2 aromatic rings. The first kappa shape index (κ1) is 16.5. The minimum atomic E-state index is -0.426. The monoisotopic (exact) mass is 347 g/mol. The fourth-order valence-corrected chi connectivity index (χ4v) is 2.88. The molecule has 25 heavy (non-hydrogen) atoms. The topological polar surface area (TPSA) is 147 Å². The number of nitrogen functional groups attached to an aromatic ring is 1. The Morgan fingerprint density at radius 2 is 2.12 bits per heavy atom. The Morgan fingerprint density at radius 3 is 2.64 bits per heavy atom.